The molecule has 4 rings (SSSR count). The van der Waals surface area contributed by atoms with Crippen LogP contribution in [0.15, 0.2) is 48.5 Å². The maximum absolute atomic E-state index is 13.2. The molecule has 0 radical (unpaired) electrons. The molecule has 4 nitrogen and oxygen atoms in total. The summed E-state index contributed by atoms with van der Waals surface area (Å²) < 4.78 is 18.3. The van der Waals surface area contributed by atoms with Crippen LogP contribution in [0.3, 0.4) is 0 Å². The molecule has 5 heteroatoms. The average molecular weight is 368 g/mol. The first-order chi connectivity index (χ1) is 13.1. The molecule has 0 bridgehead atoms. The zero-order valence-corrected chi connectivity index (χ0v) is 15.6. The van der Waals surface area contributed by atoms with Crippen molar-refractivity contribution in [2.24, 2.45) is 5.92 Å². The predicted octanol–water partition coefficient (Wildman–Crippen LogP) is 3.57. The lowest BCUT2D eigenvalue weighted by Gasteiger charge is -2.36. The number of likely N-dealkylation sites (tertiary alicyclic amines) is 2. The molecule has 2 atom stereocenters. The molecule has 2 aliphatic rings. The van der Waals surface area contributed by atoms with Crippen LogP contribution in [0.1, 0.15) is 28.8 Å². The molecule has 0 aliphatic carbocycles. The molecule has 2 aromatic carbocycles. The molecule has 0 aromatic heterocycles. The number of fused-ring (bicyclic) bond motifs is 1. The predicted molar refractivity (Wildman–Crippen MR) is 102 cm³/mol. The van der Waals surface area contributed by atoms with Crippen LogP contribution in [0, 0.1) is 11.7 Å². The van der Waals surface area contributed by atoms with Crippen LogP contribution in [0.5, 0.6) is 5.75 Å². The van der Waals surface area contributed by atoms with Crippen molar-refractivity contribution in [2.75, 3.05) is 26.7 Å². The van der Waals surface area contributed by atoms with Crippen LogP contribution in [-0.4, -0.2) is 48.5 Å². The second-order valence-electron chi connectivity index (χ2n) is 7.51. The lowest BCUT2D eigenvalue weighted by molar-refractivity contribution is 0.0774. The largest absolute Gasteiger partial charge is 0.497 e. The summed E-state index contributed by atoms with van der Waals surface area (Å²) >= 11 is 0. The van der Waals surface area contributed by atoms with Gasteiger partial charge in [-0.1, -0.05) is 12.1 Å². The lowest BCUT2D eigenvalue weighted by Crippen LogP contribution is -2.44. The first kappa shape index (κ1) is 18.0. The summed E-state index contributed by atoms with van der Waals surface area (Å²) in [4.78, 5) is 17.4. The molecule has 0 N–H and O–H groups in total. The number of benzene rings is 2. The molecular weight excluding hydrogens is 343 g/mol. The van der Waals surface area contributed by atoms with Crippen molar-refractivity contribution in [3.05, 3.63) is 65.5 Å². The molecule has 142 valence electrons. The van der Waals surface area contributed by atoms with Gasteiger partial charge < -0.3 is 9.64 Å². The van der Waals surface area contributed by atoms with Gasteiger partial charge >= 0.3 is 0 Å². The molecule has 2 heterocycles. The summed E-state index contributed by atoms with van der Waals surface area (Å²) in [5.41, 5.74) is 1.83. The van der Waals surface area contributed by atoms with Crippen molar-refractivity contribution in [1.82, 2.24) is 9.80 Å². The van der Waals surface area contributed by atoms with Gasteiger partial charge in [-0.3, -0.25) is 9.69 Å². The third kappa shape index (κ3) is 3.83. The molecule has 0 saturated carbocycles. The van der Waals surface area contributed by atoms with Crippen LogP contribution < -0.4 is 4.74 Å². The number of nitrogens with zero attached hydrogens (tertiary/aromatic N) is 2. The van der Waals surface area contributed by atoms with E-state index < -0.39 is 0 Å². The monoisotopic (exact) mass is 368 g/mol. The van der Waals surface area contributed by atoms with Crippen LogP contribution in [-0.2, 0) is 6.54 Å². The van der Waals surface area contributed by atoms with Crippen molar-refractivity contribution < 1.29 is 13.9 Å². The molecule has 0 unspecified atom stereocenters. The summed E-state index contributed by atoms with van der Waals surface area (Å²) in [7, 11) is 1.62. The fourth-order valence-corrected chi connectivity index (χ4v) is 4.38. The summed E-state index contributed by atoms with van der Waals surface area (Å²) in [6.07, 6.45) is 2.31. The number of carbonyl (C=O) groups excluding carboxylic acids is 1. The molecule has 2 saturated heterocycles. The fourth-order valence-electron chi connectivity index (χ4n) is 4.38. The Bertz CT molecular complexity index is 791. The van der Waals surface area contributed by atoms with E-state index in [0.29, 0.717) is 17.5 Å². The zero-order valence-electron chi connectivity index (χ0n) is 15.6. The molecule has 2 fully saturated rings. The van der Waals surface area contributed by atoms with Crippen LogP contribution in [0.4, 0.5) is 4.39 Å². The van der Waals surface area contributed by atoms with Gasteiger partial charge in [0.25, 0.3) is 5.91 Å². The summed E-state index contributed by atoms with van der Waals surface area (Å²) in [5, 5.41) is 0. The second-order valence-corrected chi connectivity index (χ2v) is 7.51. The van der Waals surface area contributed by atoms with E-state index >= 15 is 0 Å². The summed E-state index contributed by atoms with van der Waals surface area (Å²) in [6, 6.07) is 14.5. The Kier molecular flexibility index (Phi) is 5.12. The highest BCUT2D eigenvalue weighted by Gasteiger charge is 2.40. The number of piperidine rings is 1. The van der Waals surface area contributed by atoms with Gasteiger partial charge in [0.2, 0.25) is 0 Å². The third-order valence-corrected chi connectivity index (χ3v) is 5.82. The standard InChI is InChI=1S/C22H25FN2O2/c1-27-20-10-6-17(7-11-20)22(26)25-14-18-3-2-12-24(21(18)15-25)13-16-4-8-19(23)9-5-16/h4-11,18,21H,2-3,12-15H2,1H3/t18-,21+/m1/s1. The Hall–Kier alpha value is -2.40. The van der Waals surface area contributed by atoms with Crippen molar-refractivity contribution in [2.45, 2.75) is 25.4 Å². The Balaban J connectivity index is 1.45. The van der Waals surface area contributed by atoms with E-state index in [1.54, 1.807) is 7.11 Å². The number of halogens is 1. The highest BCUT2D eigenvalue weighted by Crippen LogP contribution is 2.32. The third-order valence-electron chi connectivity index (χ3n) is 5.82. The fraction of sp³-hybridized carbons (Fsp3) is 0.409. The van der Waals surface area contributed by atoms with E-state index in [-0.39, 0.29) is 11.7 Å². The Morgan fingerprint density at radius 3 is 2.56 bits per heavy atom. The molecule has 2 aliphatic heterocycles. The van der Waals surface area contributed by atoms with Gasteiger partial charge in [-0.15, -0.1) is 0 Å². The SMILES string of the molecule is COc1ccc(C(=O)N2C[C@H]3CCCN(Cc4ccc(F)cc4)[C@H]3C2)cc1. The van der Waals surface area contributed by atoms with Crippen molar-refractivity contribution in [3.8, 4) is 5.75 Å². The minimum Gasteiger partial charge on any atom is -0.497 e. The summed E-state index contributed by atoms with van der Waals surface area (Å²) in [5.74, 6) is 1.16. The first-order valence-electron chi connectivity index (χ1n) is 9.56. The van der Waals surface area contributed by atoms with Crippen LogP contribution in [0.2, 0.25) is 0 Å². The van der Waals surface area contributed by atoms with Gasteiger partial charge in [0.15, 0.2) is 0 Å². The zero-order chi connectivity index (χ0) is 18.8. The number of carbonyl (C=O) groups is 1. The second kappa shape index (κ2) is 7.69. The highest BCUT2D eigenvalue weighted by molar-refractivity contribution is 5.94. The normalized spacial score (nSPS) is 22.5. The van der Waals surface area contributed by atoms with Crippen molar-refractivity contribution >= 4 is 5.91 Å². The number of ether oxygens (including phenoxy) is 1. The van der Waals surface area contributed by atoms with Gasteiger partial charge in [0, 0.05) is 31.2 Å². The number of hydrogen-bond donors (Lipinski definition) is 0. The van der Waals surface area contributed by atoms with Gasteiger partial charge in [-0.25, -0.2) is 4.39 Å². The quantitative estimate of drug-likeness (QED) is 0.827. The number of amides is 1. The smallest absolute Gasteiger partial charge is 0.253 e. The average Bonchev–Trinajstić information content (AvgIpc) is 3.14. The molecule has 0 spiro atoms. The van der Waals surface area contributed by atoms with E-state index in [4.69, 9.17) is 4.74 Å². The van der Waals surface area contributed by atoms with E-state index in [0.717, 1.165) is 50.3 Å². The summed E-state index contributed by atoms with van der Waals surface area (Å²) in [6.45, 7) is 3.42. The van der Waals surface area contributed by atoms with E-state index in [1.165, 1.54) is 12.1 Å². The minimum absolute atomic E-state index is 0.0915. The number of rotatable bonds is 4. The molecule has 2 aromatic rings. The Morgan fingerprint density at radius 2 is 1.85 bits per heavy atom. The van der Waals surface area contributed by atoms with Crippen molar-refractivity contribution in [1.29, 1.82) is 0 Å². The van der Waals surface area contributed by atoms with Gasteiger partial charge in [-0.05, 0) is 67.3 Å². The Morgan fingerprint density at radius 1 is 1.11 bits per heavy atom. The van der Waals surface area contributed by atoms with Gasteiger partial charge in [-0.2, -0.15) is 0 Å². The maximum Gasteiger partial charge on any atom is 0.253 e. The van der Waals surface area contributed by atoms with Crippen LogP contribution in [0.25, 0.3) is 0 Å². The number of hydrogen-bond acceptors (Lipinski definition) is 3. The Labute approximate surface area is 159 Å². The maximum atomic E-state index is 13.2. The molecule has 1 amide bonds. The van der Waals surface area contributed by atoms with Crippen LogP contribution >= 0.6 is 0 Å². The van der Waals surface area contributed by atoms with E-state index in [1.807, 2.05) is 41.3 Å². The minimum atomic E-state index is -0.201. The van der Waals surface area contributed by atoms with E-state index in [2.05, 4.69) is 4.90 Å². The molecular formula is C22H25FN2O2. The van der Waals surface area contributed by atoms with Crippen molar-refractivity contribution in [3.63, 3.8) is 0 Å². The molecule has 27 heavy (non-hydrogen) atoms. The van der Waals surface area contributed by atoms with Gasteiger partial charge in [0.1, 0.15) is 11.6 Å². The van der Waals surface area contributed by atoms with E-state index in [9.17, 15) is 9.18 Å². The number of methoxy groups -OCH3 is 1. The highest BCUT2D eigenvalue weighted by atomic mass is 19.1. The lowest BCUT2D eigenvalue weighted by atomic mass is 9.91. The topological polar surface area (TPSA) is 32.8 Å². The first-order valence-corrected chi connectivity index (χ1v) is 9.56. The van der Waals surface area contributed by atoms with Gasteiger partial charge in [0.05, 0.1) is 7.11 Å².